The molecule has 2 aliphatic heterocycles. The molecule has 0 unspecified atom stereocenters. The maximum absolute atomic E-state index is 13.1. The second kappa shape index (κ2) is 6.70. The summed E-state index contributed by atoms with van der Waals surface area (Å²) in [6, 6.07) is 7.71. The zero-order chi connectivity index (χ0) is 18.2. The van der Waals surface area contributed by atoms with Crippen molar-refractivity contribution in [2.75, 3.05) is 24.5 Å². The van der Waals surface area contributed by atoms with Crippen molar-refractivity contribution in [3.8, 4) is 5.75 Å². The number of piperidine rings is 1. The van der Waals surface area contributed by atoms with E-state index in [0.717, 1.165) is 24.3 Å². The molecule has 5 nitrogen and oxygen atoms in total. The van der Waals surface area contributed by atoms with Crippen LogP contribution < -0.4 is 9.64 Å². The van der Waals surface area contributed by atoms with Gasteiger partial charge in [-0.15, -0.1) is 0 Å². The van der Waals surface area contributed by atoms with Gasteiger partial charge in [-0.05, 0) is 31.9 Å². The number of likely N-dealkylation sites (tertiary alicyclic amines) is 1. The van der Waals surface area contributed by atoms with Crippen molar-refractivity contribution in [2.45, 2.75) is 46.6 Å². The molecule has 1 saturated heterocycles. The fourth-order valence-electron chi connectivity index (χ4n) is 3.62. The number of carbonyl (C=O) groups excluding carboxylic acids is 2. The molecule has 5 heteroatoms. The van der Waals surface area contributed by atoms with Crippen LogP contribution in [-0.2, 0) is 9.59 Å². The Bertz CT molecular complexity index is 657. The summed E-state index contributed by atoms with van der Waals surface area (Å²) in [5.41, 5.74) is 0.494. The fourth-order valence-corrected chi connectivity index (χ4v) is 3.62. The van der Waals surface area contributed by atoms with Crippen LogP contribution in [-0.4, -0.2) is 42.5 Å². The SMILES string of the molecule is C[C@@H]1CN(C(=O)C2CCN(C(=O)C(C)(C)C)CC2)c2ccccc2O1. The maximum Gasteiger partial charge on any atom is 0.230 e. The number of anilines is 1. The van der Waals surface area contributed by atoms with Crippen molar-refractivity contribution in [3.63, 3.8) is 0 Å². The summed E-state index contributed by atoms with van der Waals surface area (Å²) in [4.78, 5) is 29.3. The average Bonchev–Trinajstić information content (AvgIpc) is 2.59. The Kier molecular flexibility index (Phi) is 4.76. The summed E-state index contributed by atoms with van der Waals surface area (Å²) in [6.45, 7) is 9.72. The van der Waals surface area contributed by atoms with Gasteiger partial charge in [0, 0.05) is 24.4 Å². The summed E-state index contributed by atoms with van der Waals surface area (Å²) >= 11 is 0. The first kappa shape index (κ1) is 17.8. The van der Waals surface area contributed by atoms with E-state index in [2.05, 4.69) is 0 Å². The normalized spacial score (nSPS) is 21.5. The van der Waals surface area contributed by atoms with Gasteiger partial charge in [-0.3, -0.25) is 9.59 Å². The van der Waals surface area contributed by atoms with Crippen LogP contribution in [0.25, 0.3) is 0 Å². The third-order valence-corrected chi connectivity index (χ3v) is 4.96. The van der Waals surface area contributed by atoms with Crippen LogP contribution in [0.15, 0.2) is 24.3 Å². The lowest BCUT2D eigenvalue weighted by molar-refractivity contribution is -0.142. The van der Waals surface area contributed by atoms with Gasteiger partial charge >= 0.3 is 0 Å². The van der Waals surface area contributed by atoms with Crippen molar-refractivity contribution in [2.24, 2.45) is 11.3 Å². The number of rotatable bonds is 1. The molecule has 1 fully saturated rings. The highest BCUT2D eigenvalue weighted by atomic mass is 16.5. The molecule has 1 aromatic rings. The number of ether oxygens (including phenoxy) is 1. The van der Waals surface area contributed by atoms with Crippen LogP contribution in [0.2, 0.25) is 0 Å². The number of amides is 2. The smallest absolute Gasteiger partial charge is 0.230 e. The largest absolute Gasteiger partial charge is 0.487 e. The minimum atomic E-state index is -0.366. The molecule has 2 heterocycles. The quantitative estimate of drug-likeness (QED) is 0.787. The number of benzene rings is 1. The third kappa shape index (κ3) is 3.65. The molecule has 136 valence electrons. The van der Waals surface area contributed by atoms with Gasteiger partial charge in [0.25, 0.3) is 0 Å². The lowest BCUT2D eigenvalue weighted by Crippen LogP contribution is -2.49. The topological polar surface area (TPSA) is 49.9 Å². The number of hydrogen-bond donors (Lipinski definition) is 0. The summed E-state index contributed by atoms with van der Waals surface area (Å²) in [5, 5.41) is 0. The Morgan fingerprint density at radius 3 is 2.40 bits per heavy atom. The lowest BCUT2D eigenvalue weighted by atomic mass is 9.90. The van der Waals surface area contributed by atoms with E-state index in [0.29, 0.717) is 19.6 Å². The van der Waals surface area contributed by atoms with E-state index in [-0.39, 0.29) is 29.3 Å². The standard InChI is InChI=1S/C20H28N2O3/c1-14-13-22(16-7-5-6-8-17(16)25-14)18(23)15-9-11-21(12-10-15)19(24)20(2,3)4/h5-8,14-15H,9-13H2,1-4H3/t14-/m1/s1. The molecule has 0 N–H and O–H groups in total. The zero-order valence-corrected chi connectivity index (χ0v) is 15.6. The van der Waals surface area contributed by atoms with Gasteiger partial charge in [-0.1, -0.05) is 32.9 Å². The van der Waals surface area contributed by atoms with Gasteiger partial charge in [0.15, 0.2) is 0 Å². The summed E-state index contributed by atoms with van der Waals surface area (Å²) in [6.07, 6.45) is 1.45. The highest BCUT2D eigenvalue weighted by molar-refractivity contribution is 5.97. The predicted octanol–water partition coefficient (Wildman–Crippen LogP) is 3.09. The molecule has 2 amide bonds. The molecule has 0 saturated carbocycles. The van der Waals surface area contributed by atoms with E-state index >= 15 is 0 Å². The number of fused-ring (bicyclic) bond motifs is 1. The minimum Gasteiger partial charge on any atom is -0.487 e. The number of hydrogen-bond acceptors (Lipinski definition) is 3. The molecule has 0 spiro atoms. The van der Waals surface area contributed by atoms with Gasteiger partial charge in [-0.25, -0.2) is 0 Å². The highest BCUT2D eigenvalue weighted by Crippen LogP contribution is 2.35. The molecular weight excluding hydrogens is 316 g/mol. The Morgan fingerprint density at radius 2 is 1.76 bits per heavy atom. The van der Waals surface area contributed by atoms with E-state index in [1.54, 1.807) is 0 Å². The summed E-state index contributed by atoms with van der Waals surface area (Å²) in [7, 11) is 0. The van der Waals surface area contributed by atoms with Gasteiger partial charge in [0.05, 0.1) is 12.2 Å². The van der Waals surface area contributed by atoms with Crippen molar-refractivity contribution >= 4 is 17.5 Å². The molecule has 3 rings (SSSR count). The first-order valence-corrected chi connectivity index (χ1v) is 9.14. The molecular formula is C20H28N2O3. The number of nitrogens with zero attached hydrogens (tertiary/aromatic N) is 2. The van der Waals surface area contributed by atoms with E-state index in [1.165, 1.54) is 0 Å². The van der Waals surface area contributed by atoms with Gasteiger partial charge in [-0.2, -0.15) is 0 Å². The highest BCUT2D eigenvalue weighted by Gasteiger charge is 2.36. The van der Waals surface area contributed by atoms with E-state index in [4.69, 9.17) is 4.74 Å². The number of para-hydroxylation sites is 2. The molecule has 25 heavy (non-hydrogen) atoms. The second-order valence-corrected chi connectivity index (χ2v) is 8.16. The maximum atomic E-state index is 13.1. The van der Waals surface area contributed by atoms with Crippen molar-refractivity contribution in [1.82, 2.24) is 4.90 Å². The lowest BCUT2D eigenvalue weighted by Gasteiger charge is -2.39. The zero-order valence-electron chi connectivity index (χ0n) is 15.6. The Labute approximate surface area is 149 Å². The average molecular weight is 344 g/mol. The molecule has 1 atom stereocenters. The molecule has 1 aromatic carbocycles. The third-order valence-electron chi connectivity index (χ3n) is 4.96. The molecule has 0 radical (unpaired) electrons. The Morgan fingerprint density at radius 1 is 1.12 bits per heavy atom. The van der Waals surface area contributed by atoms with Gasteiger partial charge < -0.3 is 14.5 Å². The molecule has 0 bridgehead atoms. The first-order chi connectivity index (χ1) is 11.8. The van der Waals surface area contributed by atoms with Crippen LogP contribution in [0.3, 0.4) is 0 Å². The van der Waals surface area contributed by atoms with Crippen molar-refractivity contribution < 1.29 is 14.3 Å². The van der Waals surface area contributed by atoms with E-state index in [1.807, 2.05) is 61.8 Å². The van der Waals surface area contributed by atoms with Gasteiger partial charge in [0.2, 0.25) is 11.8 Å². The van der Waals surface area contributed by atoms with Crippen LogP contribution >= 0.6 is 0 Å². The predicted molar refractivity (Wildman–Crippen MR) is 97.6 cm³/mol. The second-order valence-electron chi connectivity index (χ2n) is 8.16. The van der Waals surface area contributed by atoms with Crippen molar-refractivity contribution in [3.05, 3.63) is 24.3 Å². The summed E-state index contributed by atoms with van der Waals surface area (Å²) in [5.74, 6) is 1.08. The molecule has 2 aliphatic rings. The van der Waals surface area contributed by atoms with Crippen LogP contribution in [0.4, 0.5) is 5.69 Å². The monoisotopic (exact) mass is 344 g/mol. The fraction of sp³-hybridized carbons (Fsp3) is 0.600. The minimum absolute atomic E-state index is 0.0126. The van der Waals surface area contributed by atoms with Crippen molar-refractivity contribution in [1.29, 1.82) is 0 Å². The molecule has 0 aliphatic carbocycles. The van der Waals surface area contributed by atoms with Gasteiger partial charge in [0.1, 0.15) is 11.9 Å². The van der Waals surface area contributed by atoms with Crippen LogP contribution in [0, 0.1) is 11.3 Å². The summed E-state index contributed by atoms with van der Waals surface area (Å²) < 4.78 is 5.84. The Hall–Kier alpha value is -2.04. The van der Waals surface area contributed by atoms with E-state index < -0.39 is 0 Å². The number of carbonyl (C=O) groups is 2. The first-order valence-electron chi connectivity index (χ1n) is 9.14. The van der Waals surface area contributed by atoms with Crippen LogP contribution in [0.5, 0.6) is 5.75 Å². The van der Waals surface area contributed by atoms with Crippen LogP contribution in [0.1, 0.15) is 40.5 Å². The Balaban J connectivity index is 1.68. The molecule has 0 aromatic heterocycles. The van der Waals surface area contributed by atoms with E-state index in [9.17, 15) is 9.59 Å².